The van der Waals surface area contributed by atoms with E-state index in [1.165, 1.54) is 48.5 Å². The Morgan fingerprint density at radius 2 is 1.15 bits per heavy atom. The lowest BCUT2D eigenvalue weighted by Gasteiger charge is -2.40. The summed E-state index contributed by atoms with van der Waals surface area (Å²) in [7, 11) is -7.65. The van der Waals surface area contributed by atoms with Gasteiger partial charge in [0.2, 0.25) is 19.7 Å². The molecule has 0 bridgehead atoms. The van der Waals surface area contributed by atoms with Crippen LogP contribution >= 0.6 is 55.1 Å². The van der Waals surface area contributed by atoms with Crippen LogP contribution in [0.2, 0.25) is 10.0 Å². The largest absolute Gasteiger partial charge is 0.219 e. The fraction of sp³-hybridized carbons (Fsp3) is 0.304. The second-order valence-corrected chi connectivity index (χ2v) is 15.0. The van der Waals surface area contributed by atoms with Crippen LogP contribution < -0.4 is 0 Å². The summed E-state index contributed by atoms with van der Waals surface area (Å²) >= 11 is 19.1. The van der Waals surface area contributed by atoms with Gasteiger partial charge in [0.25, 0.3) is 0 Å². The van der Waals surface area contributed by atoms with Gasteiger partial charge in [0.1, 0.15) is 0 Å². The molecule has 0 heterocycles. The average molecular weight is 655 g/mol. The number of hydrogen-bond donors (Lipinski definition) is 0. The van der Waals surface area contributed by atoms with Gasteiger partial charge in [-0.3, -0.25) is 0 Å². The molecule has 0 spiro atoms. The minimum absolute atomic E-state index is 0.140. The molecule has 2 aromatic carbocycles. The molecule has 0 saturated carbocycles. The van der Waals surface area contributed by atoms with Crippen molar-refractivity contribution in [2.24, 2.45) is 10.8 Å². The lowest BCUT2D eigenvalue weighted by molar-refractivity contribution is 0.211. The highest BCUT2D eigenvalue weighted by Gasteiger charge is 2.65. The molecule has 176 valence electrons. The first-order valence-corrected chi connectivity index (χ1v) is 15.6. The third-order valence-corrected chi connectivity index (χ3v) is 14.4. The Kier molecular flexibility index (Phi) is 6.55. The van der Waals surface area contributed by atoms with Crippen molar-refractivity contribution < 1.29 is 16.8 Å². The van der Waals surface area contributed by atoms with Crippen LogP contribution in [-0.4, -0.2) is 26.5 Å². The Hall–Kier alpha value is -0.640. The van der Waals surface area contributed by atoms with Crippen molar-refractivity contribution in [3.05, 3.63) is 80.5 Å². The summed E-state index contributed by atoms with van der Waals surface area (Å²) in [5, 5.41) is 0.887. The standard InChI is InChI=1S/C23H20Br2Cl2O4S2/c1-3-23-13-19(33(30,31)17-10-6-15(27)7-11-17)20(24)22(23,2)12-18(21(23)25)32(28,29)16-8-4-14(26)5-9-16/h4-13,20-21H,3H2,1-2H3/t20-,21-,22+,23+/m0/s1. The molecular formula is C23H20Br2Cl2O4S2. The van der Waals surface area contributed by atoms with E-state index in [0.29, 0.717) is 16.5 Å². The monoisotopic (exact) mass is 652 g/mol. The fourth-order valence-corrected chi connectivity index (χ4v) is 11.6. The number of hydrogen-bond acceptors (Lipinski definition) is 4. The normalized spacial score (nSPS) is 29.5. The van der Waals surface area contributed by atoms with Crippen LogP contribution in [-0.2, 0) is 19.7 Å². The predicted octanol–water partition coefficient (Wildman–Crippen LogP) is 6.97. The van der Waals surface area contributed by atoms with E-state index in [-0.39, 0.29) is 19.6 Å². The van der Waals surface area contributed by atoms with E-state index < -0.39 is 40.2 Å². The van der Waals surface area contributed by atoms with Gasteiger partial charge >= 0.3 is 0 Å². The third-order valence-electron chi connectivity index (χ3n) is 6.78. The van der Waals surface area contributed by atoms with E-state index in [4.69, 9.17) is 23.2 Å². The van der Waals surface area contributed by atoms with Crippen molar-refractivity contribution in [1.29, 1.82) is 0 Å². The van der Waals surface area contributed by atoms with Crippen molar-refractivity contribution in [3.63, 3.8) is 0 Å². The number of allylic oxidation sites excluding steroid dienone is 4. The maximum Gasteiger partial charge on any atom is 0.203 e. The number of rotatable bonds is 5. The summed E-state index contributed by atoms with van der Waals surface area (Å²) in [4.78, 5) is -0.513. The minimum atomic E-state index is -3.82. The van der Waals surface area contributed by atoms with Gasteiger partial charge in [-0.1, -0.05) is 81.1 Å². The first kappa shape index (κ1) is 25.5. The number of halogens is 4. The second-order valence-electron chi connectivity index (χ2n) is 8.41. The second kappa shape index (κ2) is 8.49. The topological polar surface area (TPSA) is 68.3 Å². The molecule has 2 aliphatic carbocycles. The summed E-state index contributed by atoms with van der Waals surface area (Å²) in [6, 6.07) is 12.1. The molecule has 0 aliphatic heterocycles. The zero-order valence-electron chi connectivity index (χ0n) is 17.6. The number of fused-ring (bicyclic) bond motifs is 1. The van der Waals surface area contributed by atoms with Gasteiger partial charge in [-0.2, -0.15) is 0 Å². The van der Waals surface area contributed by atoms with Gasteiger partial charge < -0.3 is 0 Å². The maximum atomic E-state index is 13.5. The number of benzene rings is 2. The van der Waals surface area contributed by atoms with E-state index in [9.17, 15) is 16.8 Å². The van der Waals surface area contributed by atoms with Crippen LogP contribution in [0.3, 0.4) is 0 Å². The van der Waals surface area contributed by atoms with Crippen molar-refractivity contribution in [3.8, 4) is 0 Å². The highest BCUT2D eigenvalue weighted by molar-refractivity contribution is 9.10. The Morgan fingerprint density at radius 1 is 0.758 bits per heavy atom. The zero-order valence-corrected chi connectivity index (χ0v) is 23.9. The number of sulfone groups is 2. The molecule has 4 nitrogen and oxygen atoms in total. The van der Waals surface area contributed by atoms with Gasteiger partial charge in [0, 0.05) is 20.9 Å². The lowest BCUT2D eigenvalue weighted by atomic mass is 9.67. The molecule has 33 heavy (non-hydrogen) atoms. The molecule has 0 saturated heterocycles. The molecule has 10 heteroatoms. The molecule has 2 aliphatic rings. The van der Waals surface area contributed by atoms with Crippen LogP contribution in [0.25, 0.3) is 0 Å². The molecule has 2 aromatic rings. The molecule has 0 aromatic heterocycles. The Bertz CT molecular complexity index is 1380. The van der Waals surface area contributed by atoms with Crippen LogP contribution in [0.15, 0.2) is 80.3 Å². The first-order chi connectivity index (χ1) is 15.3. The fourth-order valence-electron chi connectivity index (χ4n) is 4.78. The molecule has 0 fully saturated rings. The van der Waals surface area contributed by atoms with Crippen LogP contribution in [0, 0.1) is 10.8 Å². The molecule has 0 radical (unpaired) electrons. The minimum Gasteiger partial charge on any atom is -0.219 e. The highest BCUT2D eigenvalue weighted by atomic mass is 79.9. The van der Waals surface area contributed by atoms with Gasteiger partial charge in [0.15, 0.2) is 0 Å². The Labute approximate surface area is 221 Å². The van der Waals surface area contributed by atoms with Crippen molar-refractivity contribution in [2.45, 2.75) is 39.7 Å². The van der Waals surface area contributed by atoms with E-state index >= 15 is 0 Å². The molecular weight excluding hydrogens is 635 g/mol. The first-order valence-electron chi connectivity index (χ1n) is 10.1. The van der Waals surface area contributed by atoms with Crippen LogP contribution in [0.4, 0.5) is 0 Å². The van der Waals surface area contributed by atoms with E-state index in [1.54, 1.807) is 12.2 Å². The highest BCUT2D eigenvalue weighted by Crippen LogP contribution is 2.67. The number of alkyl halides is 2. The lowest BCUT2D eigenvalue weighted by Crippen LogP contribution is -2.40. The summed E-state index contributed by atoms with van der Waals surface area (Å²) in [5.74, 6) is 0. The summed E-state index contributed by atoms with van der Waals surface area (Å²) in [6.07, 6.45) is 3.97. The van der Waals surface area contributed by atoms with Gasteiger partial charge in [-0.15, -0.1) is 0 Å². The third kappa shape index (κ3) is 3.71. The SMILES string of the molecule is CC[C@]12C=C(S(=O)(=O)c3ccc(Cl)cc3)[C@H](Br)[C@@]1(C)C=C(S(=O)(=O)c1ccc(Cl)cc1)[C@@H]2Br. The molecule has 0 N–H and O–H groups in total. The van der Waals surface area contributed by atoms with Gasteiger partial charge in [-0.25, -0.2) is 16.8 Å². The van der Waals surface area contributed by atoms with Crippen LogP contribution in [0.5, 0.6) is 0 Å². The Morgan fingerprint density at radius 3 is 1.52 bits per heavy atom. The van der Waals surface area contributed by atoms with Gasteiger partial charge in [0.05, 0.1) is 29.3 Å². The smallest absolute Gasteiger partial charge is 0.203 e. The molecule has 4 atom stereocenters. The maximum absolute atomic E-state index is 13.5. The predicted molar refractivity (Wildman–Crippen MR) is 140 cm³/mol. The molecule has 0 amide bonds. The summed E-state index contributed by atoms with van der Waals surface area (Å²) < 4.78 is 54.1. The quantitative estimate of drug-likeness (QED) is 0.327. The zero-order chi connectivity index (χ0) is 24.4. The van der Waals surface area contributed by atoms with Crippen molar-refractivity contribution in [2.75, 3.05) is 0 Å². The van der Waals surface area contributed by atoms with Crippen molar-refractivity contribution >= 4 is 74.7 Å². The van der Waals surface area contributed by atoms with Gasteiger partial charge in [-0.05, 0) is 55.0 Å². The van der Waals surface area contributed by atoms with E-state index in [1.807, 2.05) is 13.8 Å². The molecule has 4 rings (SSSR count). The van der Waals surface area contributed by atoms with Crippen molar-refractivity contribution in [1.82, 2.24) is 0 Å². The van der Waals surface area contributed by atoms with E-state index in [2.05, 4.69) is 31.9 Å². The summed E-state index contributed by atoms with van der Waals surface area (Å²) in [5.41, 5.74) is -1.58. The Balaban J connectivity index is 1.83. The van der Waals surface area contributed by atoms with E-state index in [0.717, 1.165) is 0 Å². The molecule has 0 unspecified atom stereocenters. The van der Waals surface area contributed by atoms with Crippen LogP contribution in [0.1, 0.15) is 20.3 Å². The summed E-state index contributed by atoms with van der Waals surface area (Å²) in [6.45, 7) is 3.84. The average Bonchev–Trinajstić information content (AvgIpc) is 3.14.